The van der Waals surface area contributed by atoms with Crippen LogP contribution in [0, 0.1) is 0 Å². The lowest BCUT2D eigenvalue weighted by Gasteiger charge is -2.23. The van der Waals surface area contributed by atoms with E-state index >= 15 is 0 Å². The van der Waals surface area contributed by atoms with Gasteiger partial charge in [-0.25, -0.2) is 0 Å². The third-order valence-electron chi connectivity index (χ3n) is 5.76. The normalized spacial score (nSPS) is 16.2. The van der Waals surface area contributed by atoms with Crippen molar-refractivity contribution in [3.05, 3.63) is 65.2 Å². The van der Waals surface area contributed by atoms with Crippen molar-refractivity contribution >= 4 is 28.3 Å². The molecule has 4 rings (SSSR count). The molecule has 0 aromatic heterocycles. The number of rotatable bonds is 7. The summed E-state index contributed by atoms with van der Waals surface area (Å²) < 4.78 is 11.9. The number of carboxylic acids is 1. The average molecular weight is 435 g/mol. The second kappa shape index (κ2) is 8.51. The van der Waals surface area contributed by atoms with E-state index in [1.165, 1.54) is 12.0 Å². The number of aliphatic hydroxyl groups is 1. The number of hydrogen-bond acceptors (Lipinski definition) is 5. The second-order valence-electron chi connectivity index (χ2n) is 7.82. The molecule has 0 saturated heterocycles. The Morgan fingerprint density at radius 2 is 1.72 bits per heavy atom. The van der Waals surface area contributed by atoms with Crippen LogP contribution in [-0.4, -0.2) is 35.3 Å². The third kappa shape index (κ3) is 3.54. The molecule has 2 atom stereocenters. The third-order valence-corrected chi connectivity index (χ3v) is 5.76. The number of carbonyl (C=O) groups excluding carboxylic acids is 1. The number of ether oxygens (including phenoxy) is 2. The number of fused-ring (bicyclic) bond motifs is 2. The number of methoxy groups -OCH3 is 1. The van der Waals surface area contributed by atoms with E-state index in [1.807, 2.05) is 38.1 Å². The highest BCUT2D eigenvalue weighted by Gasteiger charge is 2.43. The summed E-state index contributed by atoms with van der Waals surface area (Å²) in [4.78, 5) is 25.8. The minimum Gasteiger partial charge on any atom is -0.495 e. The molecular formula is C25H25NO6. The fraction of sp³-hybridized carbons (Fsp3) is 0.280. The number of carboxylic acid groups (broad SMARTS) is 1. The van der Waals surface area contributed by atoms with Crippen LogP contribution in [0.5, 0.6) is 11.5 Å². The van der Waals surface area contributed by atoms with Crippen molar-refractivity contribution in [3.8, 4) is 11.5 Å². The Labute approximate surface area is 185 Å². The number of amides is 1. The van der Waals surface area contributed by atoms with Gasteiger partial charge in [-0.3, -0.25) is 14.5 Å². The predicted molar refractivity (Wildman–Crippen MR) is 120 cm³/mol. The summed E-state index contributed by atoms with van der Waals surface area (Å²) in [6, 6.07) is 14.0. The van der Waals surface area contributed by atoms with Gasteiger partial charge in [-0.15, -0.1) is 0 Å². The van der Waals surface area contributed by atoms with Gasteiger partial charge >= 0.3 is 5.97 Å². The number of nitrogens with zero attached hydrogens (tertiary/aromatic N) is 1. The van der Waals surface area contributed by atoms with Crippen LogP contribution < -0.4 is 14.4 Å². The Kier molecular flexibility index (Phi) is 5.76. The van der Waals surface area contributed by atoms with Gasteiger partial charge in [0.25, 0.3) is 5.91 Å². The highest BCUT2D eigenvalue weighted by molar-refractivity contribution is 6.17. The lowest BCUT2D eigenvalue weighted by molar-refractivity contribution is -0.136. The van der Waals surface area contributed by atoms with Gasteiger partial charge in [0.1, 0.15) is 11.5 Å². The van der Waals surface area contributed by atoms with Crippen LogP contribution in [0.3, 0.4) is 0 Å². The zero-order valence-corrected chi connectivity index (χ0v) is 18.2. The molecule has 0 aliphatic carbocycles. The number of aliphatic hydroxyl groups excluding tert-OH is 1. The van der Waals surface area contributed by atoms with Gasteiger partial charge < -0.3 is 19.7 Å². The molecule has 0 bridgehead atoms. The summed E-state index contributed by atoms with van der Waals surface area (Å²) in [6.45, 7) is 3.94. The van der Waals surface area contributed by atoms with E-state index < -0.39 is 18.1 Å². The molecular weight excluding hydrogens is 410 g/mol. The van der Waals surface area contributed by atoms with Crippen molar-refractivity contribution < 1.29 is 29.3 Å². The first-order valence-electron chi connectivity index (χ1n) is 10.5. The standard InChI is InChI=1S/C25H25NO6/c1-4-14(2)32-23-18-8-6-5-7-17(18)22(31-3)20-21(23)25(30)26(24(20)29)16-11-9-15(10-12-16)13-19(27)28/h5-12,14,25,30H,4,13H2,1-3H3,(H,27,28). The minimum absolute atomic E-state index is 0.122. The van der Waals surface area contributed by atoms with E-state index in [9.17, 15) is 14.7 Å². The first kappa shape index (κ1) is 21.6. The summed E-state index contributed by atoms with van der Waals surface area (Å²) in [5.74, 6) is -0.487. The fourth-order valence-electron chi connectivity index (χ4n) is 4.04. The molecule has 0 fully saturated rings. The van der Waals surface area contributed by atoms with E-state index in [2.05, 4.69) is 0 Å². The van der Waals surface area contributed by atoms with E-state index in [0.29, 0.717) is 28.3 Å². The zero-order valence-electron chi connectivity index (χ0n) is 18.2. The van der Waals surface area contributed by atoms with Crippen molar-refractivity contribution in [3.63, 3.8) is 0 Å². The van der Waals surface area contributed by atoms with Crippen LogP contribution in [0.4, 0.5) is 5.69 Å². The molecule has 1 amide bonds. The smallest absolute Gasteiger partial charge is 0.307 e. The first-order valence-corrected chi connectivity index (χ1v) is 10.5. The Morgan fingerprint density at radius 1 is 1.09 bits per heavy atom. The Morgan fingerprint density at radius 3 is 2.28 bits per heavy atom. The van der Waals surface area contributed by atoms with E-state index in [0.717, 1.165) is 17.2 Å². The molecule has 0 radical (unpaired) electrons. The molecule has 166 valence electrons. The highest BCUT2D eigenvalue weighted by Crippen LogP contribution is 2.50. The monoisotopic (exact) mass is 435 g/mol. The maximum absolute atomic E-state index is 13.5. The second-order valence-corrected chi connectivity index (χ2v) is 7.82. The molecule has 7 heteroatoms. The van der Waals surface area contributed by atoms with E-state index in [1.54, 1.807) is 24.3 Å². The Hall–Kier alpha value is -3.58. The maximum atomic E-state index is 13.5. The SMILES string of the molecule is CCC(C)Oc1c2c(c(OC)c3ccccc13)C(=O)N(c1ccc(CC(=O)O)cc1)C2O. The van der Waals surface area contributed by atoms with E-state index in [-0.39, 0.29) is 18.1 Å². The van der Waals surface area contributed by atoms with Gasteiger partial charge in [0.05, 0.1) is 30.8 Å². The summed E-state index contributed by atoms with van der Waals surface area (Å²) in [7, 11) is 1.50. The van der Waals surface area contributed by atoms with Crippen LogP contribution in [0.15, 0.2) is 48.5 Å². The van der Waals surface area contributed by atoms with Crippen LogP contribution >= 0.6 is 0 Å². The molecule has 0 spiro atoms. The number of carbonyl (C=O) groups is 2. The van der Waals surface area contributed by atoms with E-state index in [4.69, 9.17) is 14.6 Å². The number of aliphatic carboxylic acids is 1. The molecule has 2 N–H and O–H groups in total. The number of benzene rings is 3. The van der Waals surface area contributed by atoms with Gasteiger partial charge in [-0.1, -0.05) is 43.3 Å². The van der Waals surface area contributed by atoms with Crippen LogP contribution in [0.2, 0.25) is 0 Å². The van der Waals surface area contributed by atoms with Crippen LogP contribution in [-0.2, 0) is 11.2 Å². The topological polar surface area (TPSA) is 96.3 Å². The molecule has 3 aromatic rings. The quantitative estimate of drug-likeness (QED) is 0.574. The van der Waals surface area contributed by atoms with Gasteiger partial charge in [-0.05, 0) is 31.0 Å². The largest absolute Gasteiger partial charge is 0.495 e. The van der Waals surface area contributed by atoms with Gasteiger partial charge in [0, 0.05) is 16.5 Å². The van der Waals surface area contributed by atoms with Crippen molar-refractivity contribution in [2.24, 2.45) is 0 Å². The van der Waals surface area contributed by atoms with Crippen molar-refractivity contribution in [1.82, 2.24) is 0 Å². The number of hydrogen-bond donors (Lipinski definition) is 2. The molecule has 1 aliphatic heterocycles. The molecule has 1 aliphatic rings. The molecule has 7 nitrogen and oxygen atoms in total. The molecule has 1 heterocycles. The maximum Gasteiger partial charge on any atom is 0.307 e. The van der Waals surface area contributed by atoms with Crippen molar-refractivity contribution in [2.45, 2.75) is 39.0 Å². The molecule has 32 heavy (non-hydrogen) atoms. The molecule has 0 saturated carbocycles. The first-order chi connectivity index (χ1) is 15.4. The molecule has 3 aromatic carbocycles. The van der Waals surface area contributed by atoms with Gasteiger partial charge in [0.2, 0.25) is 0 Å². The van der Waals surface area contributed by atoms with Crippen LogP contribution in [0.1, 0.15) is 48.0 Å². The lowest BCUT2D eigenvalue weighted by atomic mass is 9.98. The average Bonchev–Trinajstić information content (AvgIpc) is 3.04. The summed E-state index contributed by atoms with van der Waals surface area (Å²) >= 11 is 0. The highest BCUT2D eigenvalue weighted by atomic mass is 16.5. The van der Waals surface area contributed by atoms with Gasteiger partial charge in [-0.2, -0.15) is 0 Å². The zero-order chi connectivity index (χ0) is 23.0. The van der Waals surface area contributed by atoms with Crippen molar-refractivity contribution in [1.29, 1.82) is 0 Å². The lowest BCUT2D eigenvalue weighted by Crippen LogP contribution is -2.27. The van der Waals surface area contributed by atoms with Crippen molar-refractivity contribution in [2.75, 3.05) is 12.0 Å². The van der Waals surface area contributed by atoms with Crippen LogP contribution in [0.25, 0.3) is 10.8 Å². The summed E-state index contributed by atoms with van der Waals surface area (Å²) in [6.07, 6.45) is -0.764. The number of anilines is 1. The molecule has 2 unspecified atom stereocenters. The minimum atomic E-state index is -1.28. The summed E-state index contributed by atoms with van der Waals surface area (Å²) in [5, 5.41) is 21.8. The predicted octanol–water partition coefficient (Wildman–Crippen LogP) is 4.30. The fourth-order valence-corrected chi connectivity index (χ4v) is 4.04. The Balaban J connectivity index is 1.89. The van der Waals surface area contributed by atoms with Gasteiger partial charge in [0.15, 0.2) is 6.23 Å². The Bertz CT molecular complexity index is 1190. The summed E-state index contributed by atoms with van der Waals surface area (Å²) in [5.41, 5.74) is 1.70.